The molecule has 0 heterocycles. The summed E-state index contributed by atoms with van der Waals surface area (Å²) < 4.78 is 53.3. The third-order valence-corrected chi connectivity index (χ3v) is 5.10. The van der Waals surface area contributed by atoms with Gasteiger partial charge in [0.05, 0.1) is 11.0 Å². The predicted octanol–water partition coefficient (Wildman–Crippen LogP) is 4.26. The number of nitrogens with one attached hydrogen (secondary N) is 1. The molecule has 25 heavy (non-hydrogen) atoms. The van der Waals surface area contributed by atoms with Crippen LogP contribution in [0, 0.1) is 0 Å². The van der Waals surface area contributed by atoms with E-state index in [0.717, 1.165) is 12.0 Å². The number of sulfone groups is 1. The van der Waals surface area contributed by atoms with Crippen LogP contribution >= 0.6 is 0 Å². The molecule has 4 nitrogen and oxygen atoms in total. The van der Waals surface area contributed by atoms with E-state index in [0.29, 0.717) is 18.8 Å². The van der Waals surface area contributed by atoms with Crippen LogP contribution in [0.15, 0.2) is 59.5 Å². The van der Waals surface area contributed by atoms with E-state index in [9.17, 15) is 17.2 Å². The van der Waals surface area contributed by atoms with Crippen LogP contribution in [-0.2, 0) is 14.6 Å². The van der Waals surface area contributed by atoms with E-state index in [2.05, 4.69) is 5.32 Å². The third-order valence-electron chi connectivity index (χ3n) is 3.70. The van der Waals surface area contributed by atoms with Crippen molar-refractivity contribution in [2.24, 2.45) is 0 Å². The van der Waals surface area contributed by atoms with Gasteiger partial charge in [-0.2, -0.15) is 8.78 Å². The molecule has 1 N–H and O–H groups in total. The van der Waals surface area contributed by atoms with Crippen LogP contribution in [0.1, 0.15) is 25.0 Å². The molecule has 2 aromatic carbocycles. The van der Waals surface area contributed by atoms with E-state index in [1.165, 1.54) is 24.3 Å². The first-order chi connectivity index (χ1) is 11.9. The summed E-state index contributed by atoms with van der Waals surface area (Å²) in [5, 5.41) is 3.10. The lowest BCUT2D eigenvalue weighted by atomic mass is 10.1. The quantitative estimate of drug-likeness (QED) is 0.671. The van der Waals surface area contributed by atoms with Crippen molar-refractivity contribution in [2.45, 2.75) is 30.1 Å². The first-order valence-electron chi connectivity index (χ1n) is 7.94. The highest BCUT2D eigenvalue weighted by molar-refractivity contribution is 7.91. The number of alkyl halides is 2. The minimum absolute atomic E-state index is 0.0139. The molecule has 1 atom stereocenters. The van der Waals surface area contributed by atoms with Crippen LogP contribution in [0.4, 0.5) is 14.5 Å². The van der Waals surface area contributed by atoms with Crippen LogP contribution in [-0.4, -0.2) is 27.3 Å². The summed E-state index contributed by atoms with van der Waals surface area (Å²) in [6.07, 6.45) is 0.772. The van der Waals surface area contributed by atoms with Crippen molar-refractivity contribution in [1.82, 2.24) is 0 Å². The van der Waals surface area contributed by atoms with Crippen LogP contribution in [0.2, 0.25) is 0 Å². The first-order valence-corrected chi connectivity index (χ1v) is 9.48. The minimum Gasteiger partial charge on any atom is -0.385 e. The van der Waals surface area contributed by atoms with Gasteiger partial charge in [0.25, 0.3) is 0 Å². The fourth-order valence-corrected chi connectivity index (χ4v) is 2.97. The van der Waals surface area contributed by atoms with Gasteiger partial charge < -0.3 is 10.1 Å². The number of hydrogen-bond acceptors (Lipinski definition) is 4. The van der Waals surface area contributed by atoms with E-state index < -0.39 is 15.6 Å². The summed E-state index contributed by atoms with van der Waals surface area (Å²) >= 11 is 0. The first kappa shape index (κ1) is 19.3. The summed E-state index contributed by atoms with van der Waals surface area (Å²) in [4.78, 5) is -0.381. The Balaban J connectivity index is 1.73. The van der Waals surface area contributed by atoms with Gasteiger partial charge in [-0.1, -0.05) is 30.3 Å². The molecule has 0 saturated carbocycles. The number of halogens is 2. The van der Waals surface area contributed by atoms with Crippen molar-refractivity contribution in [3.05, 3.63) is 60.2 Å². The zero-order valence-corrected chi connectivity index (χ0v) is 14.7. The van der Waals surface area contributed by atoms with Gasteiger partial charge in [-0.3, -0.25) is 0 Å². The standard InChI is InChI=1S/C18H21F2NO3S/c1-14(15-6-3-2-4-7-15)24-13-5-12-21-16-8-10-17(11-9-16)25(22,23)18(19)20/h2-4,6-11,14,18,21H,5,12-13H2,1H3. The Morgan fingerprint density at radius 2 is 1.68 bits per heavy atom. The molecule has 0 aliphatic rings. The SMILES string of the molecule is CC(OCCCNc1ccc(S(=O)(=O)C(F)F)cc1)c1ccccc1. The maximum Gasteiger partial charge on any atom is 0.341 e. The second kappa shape index (κ2) is 8.92. The van der Waals surface area contributed by atoms with Gasteiger partial charge in [-0.25, -0.2) is 8.42 Å². The van der Waals surface area contributed by atoms with Crippen LogP contribution in [0.25, 0.3) is 0 Å². The third kappa shape index (κ3) is 5.51. The number of anilines is 1. The number of hydrogen-bond donors (Lipinski definition) is 1. The summed E-state index contributed by atoms with van der Waals surface area (Å²) in [7, 11) is -4.54. The topological polar surface area (TPSA) is 55.4 Å². The molecule has 0 aliphatic carbocycles. The lowest BCUT2D eigenvalue weighted by Crippen LogP contribution is -2.11. The molecule has 0 spiro atoms. The maximum absolute atomic E-state index is 12.5. The van der Waals surface area contributed by atoms with Crippen molar-refractivity contribution in [2.75, 3.05) is 18.5 Å². The Kier molecular flexibility index (Phi) is 6.90. The number of benzene rings is 2. The van der Waals surface area contributed by atoms with E-state index in [1.54, 1.807) is 0 Å². The minimum atomic E-state index is -4.54. The monoisotopic (exact) mass is 369 g/mol. The lowest BCUT2D eigenvalue weighted by molar-refractivity contribution is 0.0656. The molecule has 2 rings (SSSR count). The molecule has 0 aliphatic heterocycles. The highest BCUT2D eigenvalue weighted by atomic mass is 32.2. The summed E-state index contributed by atoms with van der Waals surface area (Å²) in [5.41, 5.74) is 1.79. The zero-order valence-electron chi connectivity index (χ0n) is 13.9. The normalized spacial score (nSPS) is 13.0. The Morgan fingerprint density at radius 3 is 2.28 bits per heavy atom. The predicted molar refractivity (Wildman–Crippen MR) is 93.5 cm³/mol. The number of ether oxygens (including phenoxy) is 1. The van der Waals surface area contributed by atoms with Gasteiger partial charge in [0, 0.05) is 18.8 Å². The van der Waals surface area contributed by atoms with Crippen LogP contribution in [0.5, 0.6) is 0 Å². The number of rotatable bonds is 9. The summed E-state index contributed by atoms with van der Waals surface area (Å²) in [5.74, 6) is -3.41. The molecule has 0 bridgehead atoms. The molecule has 0 saturated heterocycles. The molecule has 0 aromatic heterocycles. The average molecular weight is 369 g/mol. The fourth-order valence-electron chi connectivity index (χ4n) is 2.25. The molecule has 136 valence electrons. The molecule has 0 fully saturated rings. The molecule has 7 heteroatoms. The molecule has 2 aromatic rings. The van der Waals surface area contributed by atoms with Gasteiger partial charge in [0.15, 0.2) is 0 Å². The second-order valence-electron chi connectivity index (χ2n) is 5.53. The van der Waals surface area contributed by atoms with Crippen molar-refractivity contribution in [3.63, 3.8) is 0 Å². The average Bonchev–Trinajstić information content (AvgIpc) is 2.62. The summed E-state index contributed by atoms with van der Waals surface area (Å²) in [6, 6.07) is 15.2. The van der Waals surface area contributed by atoms with Gasteiger partial charge in [0.1, 0.15) is 0 Å². The maximum atomic E-state index is 12.5. The van der Waals surface area contributed by atoms with Gasteiger partial charge in [0.2, 0.25) is 9.84 Å². The zero-order chi connectivity index (χ0) is 18.3. The second-order valence-corrected chi connectivity index (χ2v) is 7.45. The van der Waals surface area contributed by atoms with Crippen molar-refractivity contribution < 1.29 is 21.9 Å². The highest BCUT2D eigenvalue weighted by Crippen LogP contribution is 2.20. The molecular formula is C18H21F2NO3S. The molecule has 1 unspecified atom stereocenters. The van der Waals surface area contributed by atoms with Gasteiger partial charge in [-0.15, -0.1) is 0 Å². The van der Waals surface area contributed by atoms with Crippen molar-refractivity contribution in [3.8, 4) is 0 Å². The van der Waals surface area contributed by atoms with E-state index in [-0.39, 0.29) is 11.0 Å². The van der Waals surface area contributed by atoms with E-state index >= 15 is 0 Å². The summed E-state index contributed by atoms with van der Waals surface area (Å²) in [6.45, 7) is 3.19. The smallest absolute Gasteiger partial charge is 0.341 e. The Morgan fingerprint density at radius 1 is 1.04 bits per heavy atom. The van der Waals surface area contributed by atoms with Crippen molar-refractivity contribution in [1.29, 1.82) is 0 Å². The fraction of sp³-hybridized carbons (Fsp3) is 0.333. The Hall–Kier alpha value is -1.99. The van der Waals surface area contributed by atoms with Gasteiger partial charge >= 0.3 is 5.76 Å². The largest absolute Gasteiger partial charge is 0.385 e. The van der Waals surface area contributed by atoms with Crippen LogP contribution in [0.3, 0.4) is 0 Å². The Labute approximate surface area is 146 Å². The Bertz CT molecular complexity index is 750. The highest BCUT2D eigenvalue weighted by Gasteiger charge is 2.26. The van der Waals surface area contributed by atoms with Crippen molar-refractivity contribution >= 4 is 15.5 Å². The molecule has 0 radical (unpaired) electrons. The van der Waals surface area contributed by atoms with E-state index in [4.69, 9.17) is 4.74 Å². The van der Waals surface area contributed by atoms with E-state index in [1.807, 2.05) is 37.3 Å². The molecular weight excluding hydrogens is 348 g/mol. The van der Waals surface area contributed by atoms with Gasteiger partial charge in [-0.05, 0) is 43.2 Å². The van der Waals surface area contributed by atoms with Crippen LogP contribution < -0.4 is 5.32 Å². The lowest BCUT2D eigenvalue weighted by Gasteiger charge is -2.14. The molecule has 0 amide bonds.